The summed E-state index contributed by atoms with van der Waals surface area (Å²) in [6.45, 7) is 2.87. The van der Waals surface area contributed by atoms with Crippen LogP contribution in [0.5, 0.6) is 5.75 Å². The van der Waals surface area contributed by atoms with E-state index in [1.165, 1.54) is 12.8 Å². The standard InChI is InChI=1S/C16H23NO2/c1-2-3-11-19-15-10-6-9-14(12-15)17-16(18)13-7-4-5-8-13/h6,9-10,12-13H,2-5,7-8,11H2,1H3,(H,17,18). The van der Waals surface area contributed by atoms with Crippen LogP contribution in [0.2, 0.25) is 0 Å². The fraction of sp³-hybridized carbons (Fsp3) is 0.562. The van der Waals surface area contributed by atoms with Crippen molar-refractivity contribution in [2.45, 2.75) is 45.4 Å². The maximum Gasteiger partial charge on any atom is 0.227 e. The quantitative estimate of drug-likeness (QED) is 0.786. The van der Waals surface area contributed by atoms with Crippen LogP contribution < -0.4 is 10.1 Å². The third-order valence-electron chi connectivity index (χ3n) is 3.59. The van der Waals surface area contributed by atoms with Crippen molar-refractivity contribution in [3.63, 3.8) is 0 Å². The molecule has 104 valence electrons. The van der Waals surface area contributed by atoms with Crippen molar-refractivity contribution in [2.24, 2.45) is 5.92 Å². The molecule has 0 aliphatic heterocycles. The molecule has 3 heteroatoms. The van der Waals surface area contributed by atoms with Crippen molar-refractivity contribution in [3.8, 4) is 5.75 Å². The lowest BCUT2D eigenvalue weighted by Gasteiger charge is -2.12. The molecule has 1 aromatic rings. The number of ether oxygens (including phenoxy) is 1. The van der Waals surface area contributed by atoms with E-state index < -0.39 is 0 Å². The molecule has 1 aliphatic rings. The van der Waals surface area contributed by atoms with Crippen LogP contribution in [0.4, 0.5) is 5.69 Å². The molecule has 19 heavy (non-hydrogen) atoms. The first-order valence-electron chi connectivity index (χ1n) is 7.33. The molecule has 2 rings (SSSR count). The topological polar surface area (TPSA) is 38.3 Å². The zero-order chi connectivity index (χ0) is 13.5. The fourth-order valence-corrected chi connectivity index (χ4v) is 2.43. The number of nitrogens with one attached hydrogen (secondary N) is 1. The molecular weight excluding hydrogens is 238 g/mol. The molecule has 1 aliphatic carbocycles. The van der Waals surface area contributed by atoms with Gasteiger partial charge in [0.05, 0.1) is 6.61 Å². The number of carbonyl (C=O) groups is 1. The van der Waals surface area contributed by atoms with Crippen LogP contribution in [0.3, 0.4) is 0 Å². The van der Waals surface area contributed by atoms with Gasteiger partial charge in [-0.25, -0.2) is 0 Å². The minimum Gasteiger partial charge on any atom is -0.494 e. The molecule has 0 atom stereocenters. The number of benzene rings is 1. The molecule has 0 aromatic heterocycles. The molecule has 1 fully saturated rings. The van der Waals surface area contributed by atoms with Crippen molar-refractivity contribution < 1.29 is 9.53 Å². The van der Waals surface area contributed by atoms with E-state index in [-0.39, 0.29) is 11.8 Å². The summed E-state index contributed by atoms with van der Waals surface area (Å²) in [4.78, 5) is 12.0. The normalized spacial score (nSPS) is 15.4. The number of rotatable bonds is 6. The molecule has 0 heterocycles. The van der Waals surface area contributed by atoms with Gasteiger partial charge in [0.25, 0.3) is 0 Å². The van der Waals surface area contributed by atoms with Gasteiger partial charge in [-0.05, 0) is 31.4 Å². The van der Waals surface area contributed by atoms with E-state index in [0.29, 0.717) is 0 Å². The lowest BCUT2D eigenvalue weighted by Crippen LogP contribution is -2.20. The van der Waals surface area contributed by atoms with E-state index >= 15 is 0 Å². The lowest BCUT2D eigenvalue weighted by atomic mass is 10.1. The summed E-state index contributed by atoms with van der Waals surface area (Å²) in [6.07, 6.45) is 6.59. The number of amides is 1. The molecule has 0 bridgehead atoms. The van der Waals surface area contributed by atoms with Crippen molar-refractivity contribution in [1.82, 2.24) is 0 Å². The zero-order valence-corrected chi connectivity index (χ0v) is 11.7. The van der Waals surface area contributed by atoms with E-state index in [1.54, 1.807) is 0 Å². The molecular formula is C16H23NO2. The fourth-order valence-electron chi connectivity index (χ4n) is 2.43. The minimum atomic E-state index is 0.156. The van der Waals surface area contributed by atoms with Gasteiger partial charge in [-0.1, -0.05) is 32.3 Å². The lowest BCUT2D eigenvalue weighted by molar-refractivity contribution is -0.119. The maximum absolute atomic E-state index is 12.0. The number of hydrogen-bond donors (Lipinski definition) is 1. The van der Waals surface area contributed by atoms with E-state index in [1.807, 2.05) is 24.3 Å². The second-order valence-electron chi connectivity index (χ2n) is 5.20. The smallest absolute Gasteiger partial charge is 0.227 e. The van der Waals surface area contributed by atoms with E-state index in [0.717, 1.165) is 43.7 Å². The van der Waals surface area contributed by atoms with Gasteiger partial charge in [-0.3, -0.25) is 4.79 Å². The molecule has 1 aromatic carbocycles. The van der Waals surface area contributed by atoms with E-state index in [2.05, 4.69) is 12.2 Å². The van der Waals surface area contributed by atoms with E-state index in [4.69, 9.17) is 4.74 Å². The Morgan fingerprint density at radius 1 is 1.37 bits per heavy atom. The number of carbonyl (C=O) groups excluding carboxylic acids is 1. The van der Waals surface area contributed by atoms with Crippen LogP contribution in [-0.4, -0.2) is 12.5 Å². The van der Waals surface area contributed by atoms with Crippen molar-refractivity contribution in [3.05, 3.63) is 24.3 Å². The van der Waals surface area contributed by atoms with Gasteiger partial charge in [0.15, 0.2) is 0 Å². The van der Waals surface area contributed by atoms with Crippen LogP contribution in [0.15, 0.2) is 24.3 Å². The monoisotopic (exact) mass is 261 g/mol. The second kappa shape index (κ2) is 7.17. The summed E-state index contributed by atoms with van der Waals surface area (Å²) in [5, 5.41) is 3.00. The third-order valence-corrected chi connectivity index (χ3v) is 3.59. The van der Waals surface area contributed by atoms with Gasteiger partial charge in [0.2, 0.25) is 5.91 Å². The van der Waals surface area contributed by atoms with Crippen LogP contribution in [0.25, 0.3) is 0 Å². The Bertz CT molecular complexity index is 411. The Hall–Kier alpha value is -1.51. The van der Waals surface area contributed by atoms with Gasteiger partial charge in [0, 0.05) is 17.7 Å². The highest BCUT2D eigenvalue weighted by Gasteiger charge is 2.22. The molecule has 0 radical (unpaired) electrons. The Morgan fingerprint density at radius 3 is 2.89 bits per heavy atom. The first kappa shape index (κ1) is 13.9. The number of hydrogen-bond acceptors (Lipinski definition) is 2. The highest BCUT2D eigenvalue weighted by atomic mass is 16.5. The SMILES string of the molecule is CCCCOc1cccc(NC(=O)C2CCCC2)c1. The van der Waals surface area contributed by atoms with Crippen molar-refractivity contribution >= 4 is 11.6 Å². The predicted molar refractivity (Wildman–Crippen MR) is 77.4 cm³/mol. The average Bonchev–Trinajstić information content (AvgIpc) is 2.93. The molecule has 0 saturated heterocycles. The van der Waals surface area contributed by atoms with Crippen LogP contribution in [0.1, 0.15) is 45.4 Å². The molecule has 0 unspecified atom stereocenters. The Labute approximate surface area is 115 Å². The van der Waals surface area contributed by atoms with Crippen LogP contribution in [0, 0.1) is 5.92 Å². The molecule has 3 nitrogen and oxygen atoms in total. The second-order valence-corrected chi connectivity index (χ2v) is 5.20. The zero-order valence-electron chi connectivity index (χ0n) is 11.7. The molecule has 0 spiro atoms. The van der Waals surface area contributed by atoms with Gasteiger partial charge in [-0.15, -0.1) is 0 Å². The largest absolute Gasteiger partial charge is 0.494 e. The average molecular weight is 261 g/mol. The predicted octanol–water partition coefficient (Wildman–Crippen LogP) is 3.99. The Kier molecular flexibility index (Phi) is 5.25. The summed E-state index contributed by atoms with van der Waals surface area (Å²) < 4.78 is 5.64. The summed E-state index contributed by atoms with van der Waals surface area (Å²) >= 11 is 0. The minimum absolute atomic E-state index is 0.156. The number of anilines is 1. The van der Waals surface area contributed by atoms with Gasteiger partial charge in [-0.2, -0.15) is 0 Å². The highest BCUT2D eigenvalue weighted by molar-refractivity contribution is 5.92. The third kappa shape index (κ3) is 4.27. The Balaban J connectivity index is 1.88. The van der Waals surface area contributed by atoms with Crippen LogP contribution in [-0.2, 0) is 4.79 Å². The maximum atomic E-state index is 12.0. The van der Waals surface area contributed by atoms with Crippen molar-refractivity contribution in [1.29, 1.82) is 0 Å². The van der Waals surface area contributed by atoms with Gasteiger partial charge >= 0.3 is 0 Å². The van der Waals surface area contributed by atoms with E-state index in [9.17, 15) is 4.79 Å². The Morgan fingerprint density at radius 2 is 2.16 bits per heavy atom. The molecule has 1 amide bonds. The molecule has 1 N–H and O–H groups in total. The highest BCUT2D eigenvalue weighted by Crippen LogP contribution is 2.26. The summed E-state index contributed by atoms with van der Waals surface area (Å²) in [5.74, 6) is 1.19. The first-order chi connectivity index (χ1) is 9.29. The van der Waals surface area contributed by atoms with Crippen LogP contribution >= 0.6 is 0 Å². The van der Waals surface area contributed by atoms with Gasteiger partial charge in [0.1, 0.15) is 5.75 Å². The number of unbranched alkanes of at least 4 members (excludes halogenated alkanes) is 1. The first-order valence-corrected chi connectivity index (χ1v) is 7.33. The van der Waals surface area contributed by atoms with Gasteiger partial charge < -0.3 is 10.1 Å². The summed E-state index contributed by atoms with van der Waals surface area (Å²) in [6, 6.07) is 7.68. The summed E-state index contributed by atoms with van der Waals surface area (Å²) in [5.41, 5.74) is 0.839. The summed E-state index contributed by atoms with van der Waals surface area (Å²) in [7, 11) is 0. The molecule has 1 saturated carbocycles. The van der Waals surface area contributed by atoms with Crippen molar-refractivity contribution in [2.75, 3.05) is 11.9 Å².